The molecule has 1 aromatic heterocycles. The second-order valence-corrected chi connectivity index (χ2v) is 10.7. The van der Waals surface area contributed by atoms with E-state index in [9.17, 15) is 13.2 Å². The van der Waals surface area contributed by atoms with E-state index in [1.54, 1.807) is 18.2 Å². The lowest BCUT2D eigenvalue weighted by molar-refractivity contribution is -0.135. The van der Waals surface area contributed by atoms with Gasteiger partial charge in [-0.3, -0.25) is 4.79 Å². The Balaban J connectivity index is 1.19. The Labute approximate surface area is 193 Å². The highest BCUT2D eigenvalue weighted by molar-refractivity contribution is 7.90. The molecule has 0 bridgehead atoms. The number of amidine groups is 1. The van der Waals surface area contributed by atoms with E-state index >= 15 is 0 Å². The lowest BCUT2D eigenvalue weighted by atomic mass is 9.89. The van der Waals surface area contributed by atoms with Crippen molar-refractivity contribution in [1.82, 2.24) is 14.8 Å². The van der Waals surface area contributed by atoms with Crippen LogP contribution in [0.4, 0.5) is 0 Å². The summed E-state index contributed by atoms with van der Waals surface area (Å²) in [5, 5.41) is 1.27. The van der Waals surface area contributed by atoms with Crippen molar-refractivity contribution < 1.29 is 13.2 Å². The summed E-state index contributed by atoms with van der Waals surface area (Å²) in [7, 11) is -3.70. The average molecular weight is 463 g/mol. The SMILES string of the molecule is O=C([C@@H]1CCCN1C1=NS(=O)(=O)c2ccccc21)N1CCC(c2c[nH]c3ccccc23)CC1. The van der Waals surface area contributed by atoms with Crippen LogP contribution in [0.15, 0.2) is 64.0 Å². The number of H-pyrrole nitrogens is 1. The first-order chi connectivity index (χ1) is 16.0. The normalized spacial score (nSPS) is 22.5. The van der Waals surface area contributed by atoms with Crippen LogP contribution in [0.5, 0.6) is 0 Å². The van der Waals surface area contributed by atoms with E-state index in [1.165, 1.54) is 10.9 Å². The Morgan fingerprint density at radius 1 is 0.970 bits per heavy atom. The smallest absolute Gasteiger partial charge is 0.285 e. The number of benzene rings is 2. The predicted molar refractivity (Wildman–Crippen MR) is 127 cm³/mol. The van der Waals surface area contributed by atoms with Crippen LogP contribution in [-0.2, 0) is 14.8 Å². The average Bonchev–Trinajstić information content (AvgIpc) is 3.55. The van der Waals surface area contributed by atoms with E-state index in [0.29, 0.717) is 37.0 Å². The number of nitrogens with zero attached hydrogens (tertiary/aromatic N) is 3. The molecule has 0 spiro atoms. The van der Waals surface area contributed by atoms with Gasteiger partial charge in [-0.15, -0.1) is 4.40 Å². The molecule has 2 fully saturated rings. The van der Waals surface area contributed by atoms with Crippen molar-refractivity contribution >= 4 is 32.7 Å². The van der Waals surface area contributed by atoms with Crippen LogP contribution in [0, 0.1) is 0 Å². The third kappa shape index (κ3) is 3.35. The van der Waals surface area contributed by atoms with Gasteiger partial charge in [0.25, 0.3) is 10.0 Å². The Morgan fingerprint density at radius 2 is 1.73 bits per heavy atom. The third-order valence-electron chi connectivity index (χ3n) is 7.29. The van der Waals surface area contributed by atoms with Gasteiger partial charge in [0.1, 0.15) is 10.9 Å². The quantitative estimate of drug-likeness (QED) is 0.632. The highest BCUT2D eigenvalue weighted by Gasteiger charge is 2.41. The van der Waals surface area contributed by atoms with Crippen LogP contribution in [0.1, 0.15) is 42.7 Å². The Morgan fingerprint density at radius 3 is 2.58 bits per heavy atom. The summed E-state index contributed by atoms with van der Waals surface area (Å²) < 4.78 is 29.1. The fourth-order valence-corrected chi connectivity index (χ4v) is 6.84. The van der Waals surface area contributed by atoms with Gasteiger partial charge in [-0.25, -0.2) is 0 Å². The summed E-state index contributed by atoms with van der Waals surface area (Å²) in [5.74, 6) is 0.950. The maximum Gasteiger partial charge on any atom is 0.285 e. The van der Waals surface area contributed by atoms with Gasteiger partial charge in [-0.2, -0.15) is 8.42 Å². The number of aromatic nitrogens is 1. The van der Waals surface area contributed by atoms with Crippen molar-refractivity contribution in [3.8, 4) is 0 Å². The summed E-state index contributed by atoms with van der Waals surface area (Å²) in [6.45, 7) is 2.08. The molecule has 4 heterocycles. The molecule has 7 nitrogen and oxygen atoms in total. The molecule has 1 N–H and O–H groups in total. The van der Waals surface area contributed by atoms with E-state index in [0.717, 1.165) is 31.2 Å². The first-order valence-electron chi connectivity index (χ1n) is 11.6. The molecule has 0 saturated carbocycles. The van der Waals surface area contributed by atoms with Gasteiger partial charge < -0.3 is 14.8 Å². The van der Waals surface area contributed by atoms with Gasteiger partial charge in [-0.05, 0) is 55.4 Å². The molecule has 1 atom stereocenters. The molecule has 0 radical (unpaired) electrons. The van der Waals surface area contributed by atoms with Crippen molar-refractivity contribution in [1.29, 1.82) is 0 Å². The maximum atomic E-state index is 13.5. The molecule has 3 aliphatic rings. The molecular weight excluding hydrogens is 436 g/mol. The highest BCUT2D eigenvalue weighted by Crippen LogP contribution is 2.35. The number of likely N-dealkylation sites (tertiary alicyclic amines) is 2. The van der Waals surface area contributed by atoms with Crippen LogP contribution < -0.4 is 0 Å². The molecule has 3 aromatic rings. The highest BCUT2D eigenvalue weighted by atomic mass is 32.2. The lowest BCUT2D eigenvalue weighted by Gasteiger charge is -2.36. The van der Waals surface area contributed by atoms with Crippen LogP contribution in [-0.4, -0.2) is 60.6 Å². The summed E-state index contributed by atoms with van der Waals surface area (Å²) in [6.07, 6.45) is 5.55. The zero-order valence-corrected chi connectivity index (χ0v) is 19.1. The molecule has 170 valence electrons. The second kappa shape index (κ2) is 7.73. The zero-order valence-electron chi connectivity index (χ0n) is 18.3. The molecule has 6 rings (SSSR count). The summed E-state index contributed by atoms with van der Waals surface area (Å²) in [6, 6.07) is 14.9. The number of amides is 1. The number of carbonyl (C=O) groups is 1. The van der Waals surface area contributed by atoms with Crippen molar-refractivity contribution in [2.45, 2.75) is 42.5 Å². The van der Waals surface area contributed by atoms with Crippen molar-refractivity contribution in [3.63, 3.8) is 0 Å². The number of hydrogen-bond donors (Lipinski definition) is 1. The van der Waals surface area contributed by atoms with Crippen molar-refractivity contribution in [3.05, 3.63) is 65.9 Å². The third-order valence-corrected chi connectivity index (χ3v) is 8.62. The van der Waals surface area contributed by atoms with E-state index in [4.69, 9.17) is 0 Å². The Hall–Kier alpha value is -3.13. The van der Waals surface area contributed by atoms with Gasteiger partial charge in [-0.1, -0.05) is 30.3 Å². The van der Waals surface area contributed by atoms with Crippen molar-refractivity contribution in [2.24, 2.45) is 4.40 Å². The standard InChI is InChI=1S/C25H26N4O3S/c30-25(28-14-11-17(12-15-28)20-16-26-21-8-3-1-6-18(20)21)22-9-5-13-29(22)24-19-7-2-4-10-23(19)33(31,32)27-24/h1-4,6-8,10,16-17,22,26H,5,9,11-15H2/t22-/m0/s1. The Bertz CT molecular complexity index is 1370. The first kappa shape index (κ1) is 20.5. The predicted octanol–water partition coefficient (Wildman–Crippen LogP) is 3.49. The number of piperidine rings is 1. The zero-order chi connectivity index (χ0) is 22.6. The number of para-hydroxylation sites is 1. The van der Waals surface area contributed by atoms with Crippen LogP contribution in [0.3, 0.4) is 0 Å². The fraction of sp³-hybridized carbons (Fsp3) is 0.360. The minimum atomic E-state index is -3.70. The topological polar surface area (TPSA) is 85.8 Å². The number of hydrogen-bond acceptors (Lipinski definition) is 4. The minimum absolute atomic E-state index is 0.0920. The van der Waals surface area contributed by atoms with E-state index in [-0.39, 0.29) is 16.8 Å². The van der Waals surface area contributed by atoms with Crippen LogP contribution in [0.25, 0.3) is 10.9 Å². The number of rotatable bonds is 2. The molecule has 8 heteroatoms. The minimum Gasteiger partial charge on any atom is -0.361 e. The molecule has 0 aliphatic carbocycles. The van der Waals surface area contributed by atoms with Crippen LogP contribution >= 0.6 is 0 Å². The van der Waals surface area contributed by atoms with E-state index in [2.05, 4.69) is 33.8 Å². The van der Waals surface area contributed by atoms with Gasteiger partial charge in [0.15, 0.2) is 5.84 Å². The molecule has 0 unspecified atom stereocenters. The summed E-state index contributed by atoms with van der Waals surface area (Å²) in [4.78, 5) is 21.0. The summed E-state index contributed by atoms with van der Waals surface area (Å²) in [5.41, 5.74) is 3.10. The largest absolute Gasteiger partial charge is 0.361 e. The number of carbonyl (C=O) groups excluding carboxylic acids is 1. The summed E-state index contributed by atoms with van der Waals surface area (Å²) >= 11 is 0. The Kier molecular flexibility index (Phi) is 4.79. The maximum absolute atomic E-state index is 13.5. The second-order valence-electron chi connectivity index (χ2n) is 9.13. The van der Waals surface area contributed by atoms with Gasteiger partial charge >= 0.3 is 0 Å². The van der Waals surface area contributed by atoms with E-state index in [1.807, 2.05) is 21.9 Å². The number of fused-ring (bicyclic) bond motifs is 2. The lowest BCUT2D eigenvalue weighted by Crippen LogP contribution is -2.49. The molecule has 1 amide bonds. The molecule has 3 aliphatic heterocycles. The fourth-order valence-electron chi connectivity index (χ4n) is 5.63. The molecule has 2 aromatic carbocycles. The number of sulfonamides is 1. The number of nitrogens with one attached hydrogen (secondary N) is 1. The number of aromatic amines is 1. The molecule has 33 heavy (non-hydrogen) atoms. The van der Waals surface area contributed by atoms with E-state index < -0.39 is 10.0 Å². The first-order valence-corrected chi connectivity index (χ1v) is 13.0. The van der Waals surface area contributed by atoms with Gasteiger partial charge in [0.2, 0.25) is 5.91 Å². The van der Waals surface area contributed by atoms with Crippen molar-refractivity contribution in [2.75, 3.05) is 19.6 Å². The molecule has 2 saturated heterocycles. The van der Waals surface area contributed by atoms with Gasteiger partial charge in [0.05, 0.1) is 0 Å². The monoisotopic (exact) mass is 462 g/mol. The molecular formula is C25H26N4O3S. The van der Waals surface area contributed by atoms with Gasteiger partial charge in [0, 0.05) is 42.3 Å². The van der Waals surface area contributed by atoms with Crippen LogP contribution in [0.2, 0.25) is 0 Å².